The lowest BCUT2D eigenvalue weighted by Gasteiger charge is -2.13. The number of hydrogen-bond acceptors (Lipinski definition) is 4. The molecule has 5 heteroatoms. The van der Waals surface area contributed by atoms with Gasteiger partial charge in [0.25, 0.3) is 0 Å². The standard InChI is InChI=1S/C52H33N5/c1-3-14-36(15-4-1)51-50-41(40-18-7-8-21-43(40)56-51)28-29-48-49(50)42-20-13-19-39(52(42)57(48)38-16-5-2-6-17-38)35-26-24-34(25-27-35)37-32-46(44-22-9-11-30-53-44)55-47(33-37)45-23-10-12-31-54-45/h1-33H. The lowest BCUT2D eigenvalue weighted by molar-refractivity contribution is 1.18. The van der Waals surface area contributed by atoms with E-state index in [1.807, 2.05) is 36.4 Å². The highest BCUT2D eigenvalue weighted by Gasteiger charge is 2.22. The minimum Gasteiger partial charge on any atom is -0.309 e. The maximum atomic E-state index is 5.36. The fraction of sp³-hybridized carbons (Fsp3) is 0. The fourth-order valence-corrected chi connectivity index (χ4v) is 8.32. The predicted molar refractivity (Wildman–Crippen MR) is 234 cm³/mol. The second-order valence-corrected chi connectivity index (χ2v) is 14.2. The number of aromatic nitrogens is 5. The van der Waals surface area contributed by atoms with Gasteiger partial charge in [-0.25, -0.2) is 9.97 Å². The van der Waals surface area contributed by atoms with Crippen molar-refractivity contribution in [2.24, 2.45) is 0 Å². The number of benzene rings is 6. The van der Waals surface area contributed by atoms with E-state index in [0.29, 0.717) is 0 Å². The van der Waals surface area contributed by atoms with Crippen molar-refractivity contribution in [3.63, 3.8) is 0 Å². The number of hydrogen-bond donors (Lipinski definition) is 0. The van der Waals surface area contributed by atoms with Crippen molar-refractivity contribution >= 4 is 43.5 Å². The highest BCUT2D eigenvalue weighted by molar-refractivity contribution is 6.29. The normalized spacial score (nSPS) is 11.5. The van der Waals surface area contributed by atoms with Crippen molar-refractivity contribution in [2.45, 2.75) is 0 Å². The van der Waals surface area contributed by atoms with Gasteiger partial charge in [-0.05, 0) is 82.7 Å². The topological polar surface area (TPSA) is 56.5 Å². The van der Waals surface area contributed by atoms with Crippen molar-refractivity contribution in [2.75, 3.05) is 0 Å². The number of nitrogens with zero attached hydrogens (tertiary/aromatic N) is 5. The molecule has 5 nitrogen and oxygen atoms in total. The summed E-state index contributed by atoms with van der Waals surface area (Å²) in [7, 11) is 0. The molecule has 0 saturated carbocycles. The molecule has 11 aromatic rings. The summed E-state index contributed by atoms with van der Waals surface area (Å²) in [6.07, 6.45) is 3.61. The third-order valence-electron chi connectivity index (χ3n) is 10.9. The average molecular weight is 728 g/mol. The van der Waals surface area contributed by atoms with Crippen LogP contribution in [0.2, 0.25) is 0 Å². The molecule has 0 amide bonds. The summed E-state index contributed by atoms with van der Waals surface area (Å²) in [6, 6.07) is 66.0. The van der Waals surface area contributed by atoms with Crippen LogP contribution in [0.4, 0.5) is 0 Å². The first-order valence-electron chi connectivity index (χ1n) is 19.1. The van der Waals surface area contributed by atoms with Crippen molar-refractivity contribution in [3.05, 3.63) is 200 Å². The lowest BCUT2D eigenvalue weighted by atomic mass is 9.94. The van der Waals surface area contributed by atoms with Crippen molar-refractivity contribution in [1.29, 1.82) is 0 Å². The summed E-state index contributed by atoms with van der Waals surface area (Å²) in [4.78, 5) is 19.6. The number of para-hydroxylation sites is 3. The molecule has 0 radical (unpaired) electrons. The Hall–Kier alpha value is -7.76. The Morgan fingerprint density at radius 3 is 1.70 bits per heavy atom. The van der Waals surface area contributed by atoms with Crippen LogP contribution in [0.1, 0.15) is 0 Å². The SMILES string of the molecule is c1ccc(-c2nc3ccccc3c3ccc4c(c5cccc(-c6ccc(-c7cc(-c8ccccn8)nc(-c8ccccn8)c7)cc6)c5n4-c4ccccc4)c23)cc1. The van der Waals surface area contributed by atoms with E-state index in [0.717, 1.165) is 89.3 Å². The summed E-state index contributed by atoms with van der Waals surface area (Å²) in [5.74, 6) is 0. The Bertz CT molecular complexity index is 3190. The summed E-state index contributed by atoms with van der Waals surface area (Å²) < 4.78 is 2.43. The van der Waals surface area contributed by atoms with Gasteiger partial charge in [-0.2, -0.15) is 0 Å². The third-order valence-corrected chi connectivity index (χ3v) is 10.9. The Morgan fingerprint density at radius 1 is 0.368 bits per heavy atom. The second kappa shape index (κ2) is 13.5. The molecular formula is C52H33N5. The highest BCUT2D eigenvalue weighted by atomic mass is 15.0. The summed E-state index contributed by atoms with van der Waals surface area (Å²) in [6.45, 7) is 0. The molecule has 0 fully saturated rings. The molecule has 0 aliphatic carbocycles. The molecule has 0 aliphatic rings. The molecule has 11 rings (SSSR count). The molecule has 0 N–H and O–H groups in total. The summed E-state index contributed by atoms with van der Waals surface area (Å²) in [5, 5.41) is 5.89. The van der Waals surface area contributed by atoms with E-state index >= 15 is 0 Å². The van der Waals surface area contributed by atoms with E-state index in [2.05, 4.69) is 166 Å². The largest absolute Gasteiger partial charge is 0.309 e. The third kappa shape index (κ3) is 5.56. The summed E-state index contributed by atoms with van der Waals surface area (Å²) >= 11 is 0. The second-order valence-electron chi connectivity index (χ2n) is 14.2. The molecule has 5 aromatic heterocycles. The molecule has 0 unspecified atom stereocenters. The monoisotopic (exact) mass is 727 g/mol. The number of rotatable bonds is 6. The fourth-order valence-electron chi connectivity index (χ4n) is 8.32. The van der Waals surface area contributed by atoms with Gasteiger partial charge >= 0.3 is 0 Å². The maximum Gasteiger partial charge on any atom is 0.0900 e. The van der Waals surface area contributed by atoms with E-state index in [4.69, 9.17) is 9.97 Å². The zero-order chi connectivity index (χ0) is 37.7. The molecule has 5 heterocycles. The van der Waals surface area contributed by atoms with Crippen LogP contribution in [0, 0.1) is 0 Å². The van der Waals surface area contributed by atoms with Crippen LogP contribution < -0.4 is 0 Å². The van der Waals surface area contributed by atoms with E-state index in [-0.39, 0.29) is 0 Å². The highest BCUT2D eigenvalue weighted by Crippen LogP contribution is 2.45. The van der Waals surface area contributed by atoms with Crippen LogP contribution >= 0.6 is 0 Å². The Morgan fingerprint density at radius 2 is 1.00 bits per heavy atom. The van der Waals surface area contributed by atoms with Gasteiger partial charge in [-0.3, -0.25) is 9.97 Å². The van der Waals surface area contributed by atoms with Gasteiger partial charge in [0.15, 0.2) is 0 Å². The lowest BCUT2D eigenvalue weighted by Crippen LogP contribution is -1.96. The smallest absolute Gasteiger partial charge is 0.0900 e. The first-order valence-corrected chi connectivity index (χ1v) is 19.1. The first-order chi connectivity index (χ1) is 28.3. The van der Waals surface area contributed by atoms with Crippen LogP contribution in [0.15, 0.2) is 200 Å². The molecule has 6 aromatic carbocycles. The van der Waals surface area contributed by atoms with Crippen molar-refractivity contribution in [1.82, 2.24) is 24.5 Å². The zero-order valence-corrected chi connectivity index (χ0v) is 30.8. The zero-order valence-electron chi connectivity index (χ0n) is 30.8. The van der Waals surface area contributed by atoms with Gasteiger partial charge in [0.1, 0.15) is 0 Å². The summed E-state index contributed by atoms with van der Waals surface area (Å²) in [5.41, 5.74) is 14.2. The quantitative estimate of drug-likeness (QED) is 0.160. The van der Waals surface area contributed by atoms with Crippen molar-refractivity contribution < 1.29 is 0 Å². The average Bonchev–Trinajstić information content (AvgIpc) is 3.65. The van der Waals surface area contributed by atoms with Crippen LogP contribution in [-0.4, -0.2) is 24.5 Å². The molecular weight excluding hydrogens is 695 g/mol. The predicted octanol–water partition coefficient (Wildman–Crippen LogP) is 13.0. The molecule has 266 valence electrons. The van der Waals surface area contributed by atoms with Crippen LogP contribution in [0.3, 0.4) is 0 Å². The van der Waals surface area contributed by atoms with Crippen LogP contribution in [0.25, 0.3) is 105 Å². The maximum absolute atomic E-state index is 5.36. The van der Waals surface area contributed by atoms with E-state index in [1.54, 1.807) is 12.4 Å². The minimum atomic E-state index is 0.805. The Balaban J connectivity index is 1.15. The number of pyridine rings is 4. The molecule has 0 bridgehead atoms. The van der Waals surface area contributed by atoms with Crippen LogP contribution in [-0.2, 0) is 0 Å². The molecule has 0 spiro atoms. The van der Waals surface area contributed by atoms with Gasteiger partial charge in [-0.1, -0.05) is 127 Å². The van der Waals surface area contributed by atoms with Gasteiger partial charge in [0, 0.05) is 50.8 Å². The Labute approximate surface area is 329 Å². The number of fused-ring (bicyclic) bond motifs is 7. The van der Waals surface area contributed by atoms with Crippen LogP contribution in [0.5, 0.6) is 0 Å². The molecule has 57 heavy (non-hydrogen) atoms. The van der Waals surface area contributed by atoms with E-state index in [1.165, 1.54) is 16.2 Å². The van der Waals surface area contributed by atoms with E-state index in [9.17, 15) is 0 Å². The van der Waals surface area contributed by atoms with Gasteiger partial charge < -0.3 is 4.57 Å². The van der Waals surface area contributed by atoms with E-state index < -0.39 is 0 Å². The Kier molecular flexibility index (Phi) is 7.74. The van der Waals surface area contributed by atoms with Gasteiger partial charge in [0.05, 0.1) is 45.0 Å². The van der Waals surface area contributed by atoms with Gasteiger partial charge in [0.2, 0.25) is 0 Å². The molecule has 0 aliphatic heterocycles. The molecule has 0 saturated heterocycles. The van der Waals surface area contributed by atoms with Gasteiger partial charge in [-0.15, -0.1) is 0 Å². The van der Waals surface area contributed by atoms with Crippen molar-refractivity contribution in [3.8, 4) is 62.0 Å². The minimum absolute atomic E-state index is 0.805. The molecule has 0 atom stereocenters. The first kappa shape index (κ1) is 32.7.